The Hall–Kier alpha value is -1.25. The lowest BCUT2D eigenvalue weighted by Gasteiger charge is -2.06. The molecule has 0 atom stereocenters. The fraction of sp³-hybridized carbons (Fsp3) is 0.143. The van der Waals surface area contributed by atoms with E-state index in [1.54, 1.807) is 0 Å². The zero-order chi connectivity index (χ0) is 18.7. The molecule has 0 amide bonds. The van der Waals surface area contributed by atoms with Crippen molar-refractivity contribution in [3.05, 3.63) is 57.6 Å². The smallest absolute Gasteiger partial charge is 0.416 e. The van der Waals surface area contributed by atoms with Crippen molar-refractivity contribution < 1.29 is 31.4 Å². The van der Waals surface area contributed by atoms with Gasteiger partial charge in [-0.25, -0.2) is 0 Å². The lowest BCUT2D eigenvalue weighted by Crippen LogP contribution is -2.04. The van der Waals surface area contributed by atoms with Crippen LogP contribution < -0.4 is 0 Å². The van der Waals surface area contributed by atoms with E-state index in [2.05, 4.69) is 12.6 Å². The van der Waals surface area contributed by atoms with E-state index in [-0.39, 0.29) is 14.9 Å². The monoisotopic (exact) mass is 408 g/mol. The standard InChI is InChI=1S/C7H4ClF3O.C7H4ClF3S/c2*8-5-1-4(7(9,10)11)2-6(12)3-5/h2*1-3,12H. The Balaban J connectivity index is 0.000000240. The first kappa shape index (κ1) is 20.8. The van der Waals surface area contributed by atoms with Gasteiger partial charge in [0, 0.05) is 14.9 Å². The maximum absolute atomic E-state index is 12.1. The van der Waals surface area contributed by atoms with Gasteiger partial charge in [0.15, 0.2) is 0 Å². The van der Waals surface area contributed by atoms with Crippen molar-refractivity contribution in [3.8, 4) is 5.75 Å². The molecule has 1 nitrogen and oxygen atoms in total. The average molecular weight is 409 g/mol. The number of hydrogen-bond donors (Lipinski definition) is 2. The molecule has 0 unspecified atom stereocenters. The summed E-state index contributed by atoms with van der Waals surface area (Å²) in [6.45, 7) is 0. The molecule has 0 fully saturated rings. The van der Waals surface area contributed by atoms with E-state index in [4.69, 9.17) is 28.3 Å². The number of alkyl halides is 6. The second-order valence-electron chi connectivity index (χ2n) is 4.39. The highest BCUT2D eigenvalue weighted by Crippen LogP contribution is 2.34. The Kier molecular flexibility index (Phi) is 6.72. The Morgan fingerprint density at radius 2 is 1.12 bits per heavy atom. The number of phenolic OH excluding ortho intramolecular Hbond substituents is 1. The number of thiol groups is 1. The van der Waals surface area contributed by atoms with Gasteiger partial charge >= 0.3 is 12.4 Å². The molecule has 24 heavy (non-hydrogen) atoms. The van der Waals surface area contributed by atoms with Crippen LogP contribution in [0, 0.1) is 0 Å². The van der Waals surface area contributed by atoms with E-state index in [9.17, 15) is 26.3 Å². The third kappa shape index (κ3) is 6.70. The van der Waals surface area contributed by atoms with Gasteiger partial charge in [-0.2, -0.15) is 26.3 Å². The van der Waals surface area contributed by atoms with E-state index in [1.165, 1.54) is 6.07 Å². The van der Waals surface area contributed by atoms with Crippen LogP contribution in [0.2, 0.25) is 10.0 Å². The molecular weight excluding hydrogens is 401 g/mol. The van der Waals surface area contributed by atoms with Crippen molar-refractivity contribution in [1.82, 2.24) is 0 Å². The Bertz CT molecular complexity index is 613. The van der Waals surface area contributed by atoms with Gasteiger partial charge in [-0.3, -0.25) is 0 Å². The largest absolute Gasteiger partial charge is 0.508 e. The minimum atomic E-state index is -4.47. The minimum absolute atomic E-state index is 0.0369. The third-order valence-electron chi connectivity index (χ3n) is 2.42. The maximum atomic E-state index is 12.1. The van der Waals surface area contributed by atoms with Gasteiger partial charge < -0.3 is 5.11 Å². The molecule has 0 spiro atoms. The lowest BCUT2D eigenvalue weighted by atomic mass is 10.2. The molecule has 0 aromatic heterocycles. The van der Waals surface area contributed by atoms with Crippen molar-refractivity contribution in [1.29, 1.82) is 0 Å². The third-order valence-corrected chi connectivity index (χ3v) is 3.11. The first-order chi connectivity index (χ1) is 10.8. The summed E-state index contributed by atoms with van der Waals surface area (Å²) in [4.78, 5) is 0.204. The molecular formula is C14H8Cl2F6OS. The number of halogens is 8. The van der Waals surface area contributed by atoms with Crippen LogP contribution in [-0.4, -0.2) is 5.11 Å². The van der Waals surface area contributed by atoms with Crippen LogP contribution in [0.15, 0.2) is 41.3 Å². The van der Waals surface area contributed by atoms with Crippen molar-refractivity contribution in [2.24, 2.45) is 0 Å². The van der Waals surface area contributed by atoms with Gasteiger partial charge in [0.25, 0.3) is 0 Å². The Morgan fingerprint density at radius 1 is 0.708 bits per heavy atom. The molecule has 2 aromatic rings. The Morgan fingerprint density at radius 3 is 1.50 bits per heavy atom. The van der Waals surface area contributed by atoms with Crippen LogP contribution in [0.4, 0.5) is 26.3 Å². The van der Waals surface area contributed by atoms with Crippen LogP contribution in [0.3, 0.4) is 0 Å². The van der Waals surface area contributed by atoms with E-state index < -0.39 is 29.2 Å². The van der Waals surface area contributed by atoms with E-state index in [0.29, 0.717) is 6.07 Å². The van der Waals surface area contributed by atoms with Crippen molar-refractivity contribution in [2.75, 3.05) is 0 Å². The van der Waals surface area contributed by atoms with Crippen LogP contribution in [0.25, 0.3) is 0 Å². The molecule has 0 heterocycles. The highest BCUT2D eigenvalue weighted by molar-refractivity contribution is 7.80. The van der Waals surface area contributed by atoms with Crippen molar-refractivity contribution >= 4 is 35.8 Å². The lowest BCUT2D eigenvalue weighted by molar-refractivity contribution is -0.138. The summed E-state index contributed by atoms with van der Waals surface area (Å²) < 4.78 is 72.1. The average Bonchev–Trinajstić information content (AvgIpc) is 2.35. The van der Waals surface area contributed by atoms with Crippen molar-refractivity contribution in [2.45, 2.75) is 17.2 Å². The molecule has 0 bridgehead atoms. The summed E-state index contributed by atoms with van der Waals surface area (Å²) in [5.41, 5.74) is -1.73. The summed E-state index contributed by atoms with van der Waals surface area (Å²) in [7, 11) is 0. The summed E-state index contributed by atoms with van der Waals surface area (Å²) in [6, 6.07) is 5.54. The maximum Gasteiger partial charge on any atom is 0.416 e. The van der Waals surface area contributed by atoms with E-state index >= 15 is 0 Å². The molecule has 0 saturated carbocycles. The van der Waals surface area contributed by atoms with Gasteiger partial charge in [-0.15, -0.1) is 12.6 Å². The quantitative estimate of drug-likeness (QED) is 0.366. The number of phenols is 1. The summed E-state index contributed by atoms with van der Waals surface area (Å²) in [6.07, 6.45) is -8.83. The second kappa shape index (κ2) is 7.76. The predicted octanol–water partition coefficient (Wildman–Crippen LogP) is 6.71. The van der Waals surface area contributed by atoms with Crippen LogP contribution in [0.5, 0.6) is 5.75 Å². The molecule has 1 N–H and O–H groups in total. The fourth-order valence-corrected chi connectivity index (χ4v) is 2.29. The van der Waals surface area contributed by atoms with E-state index in [1.807, 2.05) is 0 Å². The SMILES string of the molecule is FC(F)(F)c1cc(S)cc(Cl)c1.Oc1cc(Cl)cc(C(F)(F)F)c1. The van der Waals surface area contributed by atoms with Gasteiger partial charge in [0.2, 0.25) is 0 Å². The fourth-order valence-electron chi connectivity index (χ4n) is 1.48. The molecule has 2 aromatic carbocycles. The van der Waals surface area contributed by atoms with E-state index in [0.717, 1.165) is 24.3 Å². The van der Waals surface area contributed by atoms with Gasteiger partial charge in [-0.05, 0) is 36.4 Å². The topological polar surface area (TPSA) is 20.2 Å². The zero-order valence-electron chi connectivity index (χ0n) is 11.4. The number of benzene rings is 2. The predicted molar refractivity (Wildman–Crippen MR) is 81.8 cm³/mol. The highest BCUT2D eigenvalue weighted by Gasteiger charge is 2.31. The first-order valence-corrected chi connectivity index (χ1v) is 7.13. The molecule has 0 aliphatic carbocycles. The van der Waals surface area contributed by atoms with Gasteiger partial charge in [-0.1, -0.05) is 23.2 Å². The molecule has 0 saturated heterocycles. The normalized spacial score (nSPS) is 11.7. The first-order valence-electron chi connectivity index (χ1n) is 5.92. The second-order valence-corrected chi connectivity index (χ2v) is 5.78. The van der Waals surface area contributed by atoms with Gasteiger partial charge in [0.1, 0.15) is 5.75 Å². The highest BCUT2D eigenvalue weighted by atomic mass is 35.5. The van der Waals surface area contributed by atoms with Crippen molar-refractivity contribution in [3.63, 3.8) is 0 Å². The molecule has 0 radical (unpaired) electrons. The van der Waals surface area contributed by atoms with Crippen LogP contribution in [-0.2, 0) is 12.4 Å². The summed E-state index contributed by atoms with van der Waals surface area (Å²) in [5.74, 6) is -0.491. The number of rotatable bonds is 0. The Labute approximate surface area is 148 Å². The molecule has 0 aliphatic heterocycles. The summed E-state index contributed by atoms with van der Waals surface area (Å²) >= 11 is 14.5. The molecule has 2 rings (SSSR count). The number of hydrogen-bond acceptors (Lipinski definition) is 2. The number of aromatic hydroxyl groups is 1. The minimum Gasteiger partial charge on any atom is -0.508 e. The summed E-state index contributed by atoms with van der Waals surface area (Å²) in [5, 5.41) is 8.67. The van der Waals surface area contributed by atoms with Crippen LogP contribution in [0.1, 0.15) is 11.1 Å². The molecule has 132 valence electrons. The molecule has 0 aliphatic rings. The molecule has 10 heteroatoms. The zero-order valence-corrected chi connectivity index (χ0v) is 13.8. The van der Waals surface area contributed by atoms with Crippen LogP contribution >= 0.6 is 35.8 Å². The van der Waals surface area contributed by atoms with Gasteiger partial charge in [0.05, 0.1) is 11.1 Å².